The van der Waals surface area contributed by atoms with Crippen molar-refractivity contribution >= 4 is 39.2 Å². The Kier molecular flexibility index (Phi) is 4.72. The quantitative estimate of drug-likeness (QED) is 0.724. The molecule has 3 rings (SSSR count). The number of methoxy groups -OCH3 is 3. The SMILES string of the molecule is COc1cc(/C=C2\C(=O)N(C)c3ccc(Br)cc32)cc(OC)c1OC. The average molecular weight is 404 g/mol. The van der Waals surface area contributed by atoms with Crippen molar-refractivity contribution < 1.29 is 19.0 Å². The molecule has 5 nitrogen and oxygen atoms in total. The first kappa shape index (κ1) is 17.4. The lowest BCUT2D eigenvalue weighted by atomic mass is 10.0. The summed E-state index contributed by atoms with van der Waals surface area (Å²) in [6.07, 6.45) is 1.83. The number of amides is 1. The van der Waals surface area contributed by atoms with E-state index in [0.717, 1.165) is 21.3 Å². The lowest BCUT2D eigenvalue weighted by Crippen LogP contribution is -2.20. The minimum atomic E-state index is -0.0538. The molecule has 130 valence electrons. The van der Waals surface area contributed by atoms with Crippen LogP contribution in [0.5, 0.6) is 17.2 Å². The van der Waals surface area contributed by atoms with Crippen LogP contribution >= 0.6 is 15.9 Å². The van der Waals surface area contributed by atoms with E-state index in [9.17, 15) is 4.79 Å². The van der Waals surface area contributed by atoms with Crippen LogP contribution in [0.3, 0.4) is 0 Å². The summed E-state index contributed by atoms with van der Waals surface area (Å²) in [5, 5.41) is 0. The Morgan fingerprint density at radius 2 is 1.64 bits per heavy atom. The summed E-state index contributed by atoms with van der Waals surface area (Å²) in [4.78, 5) is 14.3. The van der Waals surface area contributed by atoms with Crippen LogP contribution in [0.25, 0.3) is 11.6 Å². The third-order valence-electron chi connectivity index (χ3n) is 4.14. The summed E-state index contributed by atoms with van der Waals surface area (Å²) in [7, 11) is 6.46. The molecular weight excluding hydrogens is 386 g/mol. The molecule has 0 saturated heterocycles. The maximum atomic E-state index is 12.7. The summed E-state index contributed by atoms with van der Waals surface area (Å²) in [6.45, 7) is 0. The summed E-state index contributed by atoms with van der Waals surface area (Å²) in [5.41, 5.74) is 3.18. The van der Waals surface area contributed by atoms with Crippen molar-refractivity contribution in [2.45, 2.75) is 0 Å². The van der Waals surface area contributed by atoms with Crippen LogP contribution in [0.2, 0.25) is 0 Å². The molecule has 0 spiro atoms. The van der Waals surface area contributed by atoms with Gasteiger partial charge in [-0.1, -0.05) is 15.9 Å². The van der Waals surface area contributed by atoms with Crippen molar-refractivity contribution in [2.24, 2.45) is 0 Å². The van der Waals surface area contributed by atoms with Crippen LogP contribution in [0.15, 0.2) is 34.8 Å². The van der Waals surface area contributed by atoms with Gasteiger partial charge in [0.1, 0.15) is 0 Å². The second kappa shape index (κ2) is 6.80. The first-order valence-corrected chi connectivity index (χ1v) is 8.39. The van der Waals surface area contributed by atoms with Crippen LogP contribution in [-0.2, 0) is 4.79 Å². The van der Waals surface area contributed by atoms with Gasteiger partial charge >= 0.3 is 0 Å². The molecule has 1 amide bonds. The molecule has 1 aliphatic rings. The average Bonchev–Trinajstić information content (AvgIpc) is 2.85. The number of fused-ring (bicyclic) bond motifs is 1. The summed E-state index contributed by atoms with van der Waals surface area (Å²) < 4.78 is 17.0. The number of nitrogens with zero attached hydrogens (tertiary/aromatic N) is 1. The van der Waals surface area contributed by atoms with E-state index in [-0.39, 0.29) is 5.91 Å². The lowest BCUT2D eigenvalue weighted by Gasteiger charge is -2.13. The highest BCUT2D eigenvalue weighted by atomic mass is 79.9. The second-order valence-corrected chi connectivity index (χ2v) is 6.46. The molecule has 0 radical (unpaired) electrons. The van der Waals surface area contributed by atoms with E-state index in [0.29, 0.717) is 22.8 Å². The first-order chi connectivity index (χ1) is 12.0. The minimum Gasteiger partial charge on any atom is -0.493 e. The van der Waals surface area contributed by atoms with E-state index >= 15 is 0 Å². The molecular formula is C19H18BrNO4. The van der Waals surface area contributed by atoms with Gasteiger partial charge in [0.15, 0.2) is 11.5 Å². The number of anilines is 1. The fourth-order valence-electron chi connectivity index (χ4n) is 2.91. The molecule has 2 aromatic carbocycles. The predicted octanol–water partition coefficient (Wildman–Crippen LogP) is 3.99. The van der Waals surface area contributed by atoms with E-state index in [2.05, 4.69) is 15.9 Å². The third-order valence-corrected chi connectivity index (χ3v) is 4.64. The van der Waals surface area contributed by atoms with Crippen LogP contribution in [-0.4, -0.2) is 34.3 Å². The summed E-state index contributed by atoms with van der Waals surface area (Å²) >= 11 is 3.47. The Balaban J connectivity index is 2.16. The van der Waals surface area contributed by atoms with Gasteiger partial charge in [-0.25, -0.2) is 0 Å². The number of hydrogen-bond acceptors (Lipinski definition) is 4. The highest BCUT2D eigenvalue weighted by Gasteiger charge is 2.29. The number of carbonyl (C=O) groups excluding carboxylic acids is 1. The molecule has 25 heavy (non-hydrogen) atoms. The van der Waals surface area contributed by atoms with Crippen LogP contribution in [0, 0.1) is 0 Å². The molecule has 0 N–H and O–H groups in total. The predicted molar refractivity (Wildman–Crippen MR) is 102 cm³/mol. The van der Waals surface area contributed by atoms with Crippen molar-refractivity contribution in [1.82, 2.24) is 0 Å². The third kappa shape index (κ3) is 2.98. The normalized spacial score (nSPS) is 14.7. The molecule has 1 aliphatic heterocycles. The fraction of sp³-hybridized carbons (Fsp3) is 0.211. The van der Waals surface area contributed by atoms with Crippen molar-refractivity contribution in [2.75, 3.05) is 33.3 Å². The van der Waals surface area contributed by atoms with E-state index in [1.165, 1.54) is 0 Å². The zero-order valence-corrected chi connectivity index (χ0v) is 16.0. The number of halogens is 1. The highest BCUT2D eigenvalue weighted by Crippen LogP contribution is 2.42. The maximum absolute atomic E-state index is 12.7. The van der Waals surface area contributed by atoms with Crippen molar-refractivity contribution in [1.29, 1.82) is 0 Å². The van der Waals surface area contributed by atoms with E-state index < -0.39 is 0 Å². The van der Waals surface area contributed by atoms with E-state index in [1.807, 2.05) is 36.4 Å². The Morgan fingerprint density at radius 3 is 2.20 bits per heavy atom. The van der Waals surface area contributed by atoms with Crippen LogP contribution in [0.4, 0.5) is 5.69 Å². The molecule has 0 unspecified atom stereocenters. The monoisotopic (exact) mass is 403 g/mol. The minimum absolute atomic E-state index is 0.0538. The number of ether oxygens (including phenoxy) is 3. The maximum Gasteiger partial charge on any atom is 0.258 e. The molecule has 0 aliphatic carbocycles. The molecule has 0 bridgehead atoms. The van der Waals surface area contributed by atoms with Gasteiger partial charge < -0.3 is 19.1 Å². The topological polar surface area (TPSA) is 48.0 Å². The van der Waals surface area contributed by atoms with Gasteiger partial charge in [0.05, 0.1) is 27.0 Å². The Bertz CT molecular complexity index is 851. The highest BCUT2D eigenvalue weighted by molar-refractivity contribution is 9.10. The molecule has 0 fully saturated rings. The van der Waals surface area contributed by atoms with Crippen molar-refractivity contribution in [3.05, 3.63) is 45.9 Å². The smallest absolute Gasteiger partial charge is 0.258 e. The summed E-state index contributed by atoms with van der Waals surface area (Å²) in [6, 6.07) is 9.42. The Morgan fingerprint density at radius 1 is 1.00 bits per heavy atom. The van der Waals surface area contributed by atoms with Crippen LogP contribution < -0.4 is 19.1 Å². The van der Waals surface area contributed by atoms with Gasteiger partial charge in [0.2, 0.25) is 5.75 Å². The molecule has 0 atom stereocenters. The number of rotatable bonds is 4. The number of likely N-dealkylation sites (N-methyl/N-ethyl adjacent to an activating group) is 1. The zero-order valence-electron chi connectivity index (χ0n) is 14.4. The lowest BCUT2D eigenvalue weighted by molar-refractivity contribution is -0.112. The molecule has 1 heterocycles. The van der Waals surface area contributed by atoms with Gasteiger partial charge in [0.25, 0.3) is 5.91 Å². The second-order valence-electron chi connectivity index (χ2n) is 5.54. The van der Waals surface area contributed by atoms with Crippen molar-refractivity contribution in [3.8, 4) is 17.2 Å². The Hall–Kier alpha value is -2.47. The fourth-order valence-corrected chi connectivity index (χ4v) is 3.27. The van der Waals surface area contributed by atoms with Gasteiger partial charge in [-0.3, -0.25) is 4.79 Å². The van der Waals surface area contributed by atoms with Gasteiger partial charge in [-0.2, -0.15) is 0 Å². The number of carbonyl (C=O) groups is 1. The molecule has 0 saturated carbocycles. The molecule has 2 aromatic rings. The van der Waals surface area contributed by atoms with E-state index in [1.54, 1.807) is 33.3 Å². The Labute approximate surface area is 154 Å². The van der Waals surface area contributed by atoms with Gasteiger partial charge in [-0.05, 0) is 42.0 Å². The molecule has 0 aromatic heterocycles. The van der Waals surface area contributed by atoms with Crippen LogP contribution in [0.1, 0.15) is 11.1 Å². The summed E-state index contributed by atoms with van der Waals surface area (Å²) in [5.74, 6) is 1.55. The van der Waals surface area contributed by atoms with E-state index in [4.69, 9.17) is 14.2 Å². The number of benzene rings is 2. The largest absolute Gasteiger partial charge is 0.493 e. The molecule has 6 heteroatoms. The zero-order chi connectivity index (χ0) is 18.1. The standard InChI is InChI=1S/C19H18BrNO4/c1-21-15-6-5-12(20)10-13(15)14(19(21)22)7-11-8-16(23-2)18(25-4)17(9-11)24-3/h5-10H,1-4H3/b14-7-. The van der Waals surface area contributed by atoms with Gasteiger partial charge in [0, 0.05) is 22.7 Å². The number of hydrogen-bond donors (Lipinski definition) is 0. The first-order valence-electron chi connectivity index (χ1n) is 7.59. The van der Waals surface area contributed by atoms with Gasteiger partial charge in [-0.15, -0.1) is 0 Å². The van der Waals surface area contributed by atoms with Crippen molar-refractivity contribution in [3.63, 3.8) is 0 Å².